The summed E-state index contributed by atoms with van der Waals surface area (Å²) in [5.74, 6) is 0.893. The topological polar surface area (TPSA) is 143 Å². The molecule has 3 heterocycles. The second kappa shape index (κ2) is 12.1. The van der Waals surface area contributed by atoms with Gasteiger partial charge in [-0.15, -0.1) is 0 Å². The number of aryl methyl sites for hydroxylation is 2. The van der Waals surface area contributed by atoms with Crippen LogP contribution >= 0.6 is 0 Å². The number of ether oxygens (including phenoxy) is 2. The summed E-state index contributed by atoms with van der Waals surface area (Å²) in [5, 5.41) is 16.5. The number of carbonyl (C=O) groups excluding carboxylic acids is 3. The molecule has 0 saturated carbocycles. The van der Waals surface area contributed by atoms with Crippen LogP contribution in [0.1, 0.15) is 40.2 Å². The molecule has 11 heteroatoms. The molecule has 0 unspecified atom stereocenters. The Balaban J connectivity index is 1.32. The zero-order valence-corrected chi connectivity index (χ0v) is 24.3. The maximum absolute atomic E-state index is 13.6. The van der Waals surface area contributed by atoms with E-state index in [2.05, 4.69) is 15.6 Å². The van der Waals surface area contributed by atoms with Crippen molar-refractivity contribution in [2.75, 3.05) is 13.7 Å². The van der Waals surface area contributed by atoms with Gasteiger partial charge in [-0.05, 0) is 67.8 Å². The maximum Gasteiger partial charge on any atom is 0.251 e. The first-order valence-electron chi connectivity index (χ1n) is 14.4. The van der Waals surface area contributed by atoms with Gasteiger partial charge in [0.05, 0.1) is 13.7 Å². The molecule has 1 fully saturated rings. The number of phenolic OH excluding ortho intramolecular Hbond substituents is 1. The zero-order chi connectivity index (χ0) is 30.8. The monoisotopic (exact) mass is 596 g/mol. The van der Waals surface area contributed by atoms with Gasteiger partial charge in [0.25, 0.3) is 5.91 Å². The summed E-state index contributed by atoms with van der Waals surface area (Å²) in [4.78, 5) is 46.1. The molecule has 3 N–H and O–H groups in total. The predicted molar refractivity (Wildman–Crippen MR) is 159 cm³/mol. The highest BCUT2D eigenvalue weighted by Crippen LogP contribution is 2.39. The number of carbonyl (C=O) groups is 3. The highest BCUT2D eigenvalue weighted by Gasteiger charge is 2.40. The second-order valence-electron chi connectivity index (χ2n) is 10.8. The number of rotatable bonds is 3. The number of nitrogens with zero attached hydrogens (tertiary/aromatic N) is 2. The number of aromatic nitrogens is 1. The zero-order valence-electron chi connectivity index (χ0n) is 24.3. The van der Waals surface area contributed by atoms with Crippen molar-refractivity contribution in [2.24, 2.45) is 0 Å². The first kappa shape index (κ1) is 28.8. The van der Waals surface area contributed by atoms with Gasteiger partial charge in [0.2, 0.25) is 17.7 Å². The fourth-order valence-electron chi connectivity index (χ4n) is 5.53. The van der Waals surface area contributed by atoms with E-state index in [4.69, 9.17) is 13.9 Å². The van der Waals surface area contributed by atoms with E-state index in [-0.39, 0.29) is 55.2 Å². The van der Waals surface area contributed by atoms with E-state index in [1.807, 2.05) is 6.07 Å². The number of hydrogen-bond donors (Lipinski definition) is 3. The van der Waals surface area contributed by atoms with Gasteiger partial charge in [-0.1, -0.05) is 24.3 Å². The molecule has 1 saturated heterocycles. The molecule has 1 aromatic heterocycles. The summed E-state index contributed by atoms with van der Waals surface area (Å²) in [6, 6.07) is 17.7. The summed E-state index contributed by atoms with van der Waals surface area (Å²) in [5.41, 5.74) is 2.40. The summed E-state index contributed by atoms with van der Waals surface area (Å²) < 4.78 is 17.5. The minimum absolute atomic E-state index is 0.0792. The Morgan fingerprint density at radius 3 is 2.68 bits per heavy atom. The third kappa shape index (κ3) is 5.94. The molecular weight excluding hydrogens is 564 g/mol. The number of amides is 3. The maximum atomic E-state index is 13.6. The van der Waals surface area contributed by atoms with Gasteiger partial charge in [0.15, 0.2) is 23.0 Å². The van der Waals surface area contributed by atoms with E-state index < -0.39 is 12.1 Å². The van der Waals surface area contributed by atoms with Gasteiger partial charge in [-0.3, -0.25) is 14.4 Å². The van der Waals surface area contributed by atoms with Crippen LogP contribution < -0.4 is 20.1 Å². The first-order valence-corrected chi connectivity index (χ1v) is 14.4. The molecule has 2 aliphatic heterocycles. The van der Waals surface area contributed by atoms with Gasteiger partial charge in [-0.2, -0.15) is 0 Å². The number of hydrogen-bond acceptors (Lipinski definition) is 8. The molecule has 6 rings (SSSR count). The van der Waals surface area contributed by atoms with Crippen molar-refractivity contribution in [3.8, 4) is 34.5 Å². The van der Waals surface area contributed by atoms with Crippen LogP contribution in [0.2, 0.25) is 0 Å². The fraction of sp³-hybridized carbons (Fsp3) is 0.273. The summed E-state index contributed by atoms with van der Waals surface area (Å²) >= 11 is 0. The quantitative estimate of drug-likeness (QED) is 0.321. The molecule has 2 aliphatic rings. The average molecular weight is 597 g/mol. The van der Waals surface area contributed by atoms with Crippen LogP contribution in [0.5, 0.6) is 23.0 Å². The third-order valence-corrected chi connectivity index (χ3v) is 7.90. The average Bonchev–Trinajstić information content (AvgIpc) is 3.63. The Hall–Kier alpha value is -5.32. The summed E-state index contributed by atoms with van der Waals surface area (Å²) in [6.45, 7) is 2.04. The van der Waals surface area contributed by atoms with Crippen molar-refractivity contribution in [1.82, 2.24) is 20.5 Å². The molecule has 3 aromatic carbocycles. The minimum atomic E-state index is -0.781. The number of nitrogens with one attached hydrogen (secondary N) is 2. The first-order chi connectivity index (χ1) is 21.3. The normalized spacial score (nSPS) is 18.4. The molecule has 226 valence electrons. The van der Waals surface area contributed by atoms with E-state index in [0.717, 1.165) is 5.56 Å². The molecule has 4 aromatic rings. The largest absolute Gasteiger partial charge is 0.504 e. The van der Waals surface area contributed by atoms with Crippen LogP contribution in [-0.2, 0) is 22.6 Å². The van der Waals surface area contributed by atoms with Crippen LogP contribution in [0, 0.1) is 6.92 Å². The summed E-state index contributed by atoms with van der Waals surface area (Å²) in [6.07, 6.45) is 0.720. The minimum Gasteiger partial charge on any atom is -0.504 e. The van der Waals surface area contributed by atoms with Crippen LogP contribution in [0.15, 0.2) is 71.1 Å². The lowest BCUT2D eigenvalue weighted by molar-refractivity contribution is -0.138. The van der Waals surface area contributed by atoms with E-state index in [1.165, 1.54) is 18.1 Å². The Labute approximate surface area is 253 Å². The smallest absolute Gasteiger partial charge is 0.251 e. The molecule has 0 aliphatic carbocycles. The van der Waals surface area contributed by atoms with Crippen molar-refractivity contribution in [1.29, 1.82) is 0 Å². The van der Waals surface area contributed by atoms with E-state index in [9.17, 15) is 19.5 Å². The van der Waals surface area contributed by atoms with Gasteiger partial charge < -0.3 is 34.5 Å². The highest BCUT2D eigenvalue weighted by molar-refractivity contribution is 5.95. The van der Waals surface area contributed by atoms with Crippen LogP contribution in [0.25, 0.3) is 11.5 Å². The molecule has 0 spiro atoms. The molecule has 3 amide bonds. The number of benzene rings is 3. The molecule has 44 heavy (non-hydrogen) atoms. The number of aromatic hydroxyl groups is 1. The SMILES string of the molecule is COc1ccc2cc1Oc1cc(ccc1O)CCC(=O)N1C[C@@H](NC(=O)c3ccccc3)C[C@H]1C(=O)NCc1nc-2oc1C. The number of oxazole rings is 1. The fourth-order valence-corrected chi connectivity index (χ4v) is 5.53. The Morgan fingerprint density at radius 1 is 1.07 bits per heavy atom. The van der Waals surface area contributed by atoms with Crippen LogP contribution in [-0.4, -0.2) is 58.5 Å². The molecule has 0 radical (unpaired) electrons. The lowest BCUT2D eigenvalue weighted by Gasteiger charge is -2.24. The van der Waals surface area contributed by atoms with Crippen molar-refractivity contribution in [2.45, 2.75) is 44.8 Å². The Bertz CT molecular complexity index is 1720. The van der Waals surface area contributed by atoms with Crippen molar-refractivity contribution in [3.63, 3.8) is 0 Å². The van der Waals surface area contributed by atoms with Crippen LogP contribution in [0.3, 0.4) is 0 Å². The van der Waals surface area contributed by atoms with E-state index in [0.29, 0.717) is 46.4 Å². The van der Waals surface area contributed by atoms with Gasteiger partial charge in [-0.25, -0.2) is 4.98 Å². The summed E-state index contributed by atoms with van der Waals surface area (Å²) in [7, 11) is 1.52. The van der Waals surface area contributed by atoms with Gasteiger partial charge in [0.1, 0.15) is 17.5 Å². The lowest BCUT2D eigenvalue weighted by Crippen LogP contribution is -2.46. The second-order valence-corrected chi connectivity index (χ2v) is 10.8. The predicted octanol–water partition coefficient (Wildman–Crippen LogP) is 4.12. The third-order valence-electron chi connectivity index (χ3n) is 7.90. The highest BCUT2D eigenvalue weighted by atomic mass is 16.5. The standard InChI is InChI=1S/C33H32N4O7/c1-19-24-17-34-32(41)25-16-23(35-31(40)21-6-4-3-5-7-21)18-37(25)30(39)13-9-20-8-11-26(38)28(14-20)44-29-15-22(33(36-24)43-19)10-12-27(29)42-2/h3-8,10-12,14-15,23,25,38H,9,13,16-18H2,1-2H3,(H,34,41)(H,35,40)/t23-,25-/m0/s1. The molecule has 2 atom stereocenters. The Morgan fingerprint density at radius 2 is 1.89 bits per heavy atom. The van der Waals surface area contributed by atoms with Crippen molar-refractivity contribution in [3.05, 3.63) is 89.3 Å². The Kier molecular flexibility index (Phi) is 7.93. The van der Waals surface area contributed by atoms with Crippen molar-refractivity contribution >= 4 is 17.7 Å². The molecule has 6 bridgehead atoms. The van der Waals surface area contributed by atoms with Crippen molar-refractivity contribution < 1.29 is 33.4 Å². The number of methoxy groups -OCH3 is 1. The van der Waals surface area contributed by atoms with Crippen LogP contribution in [0.4, 0.5) is 0 Å². The molecular formula is C33H32N4O7. The number of phenols is 1. The van der Waals surface area contributed by atoms with E-state index in [1.54, 1.807) is 61.5 Å². The number of fused-ring (bicyclic) bond motifs is 8. The lowest BCUT2D eigenvalue weighted by atomic mass is 10.1. The van der Waals surface area contributed by atoms with E-state index >= 15 is 0 Å². The van der Waals surface area contributed by atoms with Gasteiger partial charge >= 0.3 is 0 Å². The van der Waals surface area contributed by atoms with Gasteiger partial charge in [0, 0.05) is 30.1 Å². The molecule has 11 nitrogen and oxygen atoms in total.